The van der Waals surface area contributed by atoms with Gasteiger partial charge in [-0.25, -0.2) is 0 Å². The fraction of sp³-hybridized carbons (Fsp3) is 0.952. The summed E-state index contributed by atoms with van der Waals surface area (Å²) in [7, 11) is 0. The highest BCUT2D eigenvalue weighted by Gasteiger charge is 1.95. The Morgan fingerprint density at radius 1 is 0.583 bits per heavy atom. The topological polar surface area (TPSA) is 38.0 Å². The third kappa shape index (κ3) is 21.7. The Labute approximate surface area is 157 Å². The molecule has 0 saturated carbocycles. The summed E-state index contributed by atoms with van der Waals surface area (Å²) in [6.07, 6.45) is 25.5. The van der Waals surface area contributed by atoms with Crippen molar-refractivity contribution < 1.29 is 0 Å². The lowest BCUT2D eigenvalue weighted by Gasteiger charge is -2.04. The molecule has 0 amide bonds. The van der Waals surface area contributed by atoms with Crippen molar-refractivity contribution in [1.29, 1.82) is 0 Å². The van der Waals surface area contributed by atoms with Crippen LogP contribution >= 0.6 is 12.2 Å². The summed E-state index contributed by atoms with van der Waals surface area (Å²) in [5, 5.41) is 3.44. The average Bonchev–Trinajstić information content (AvgIpc) is 2.56. The second-order valence-corrected chi connectivity index (χ2v) is 7.74. The minimum Gasteiger partial charge on any atom is -0.376 e. The summed E-state index contributed by atoms with van der Waals surface area (Å²) in [6.45, 7) is 3.23. The first-order valence-electron chi connectivity index (χ1n) is 10.8. The zero-order valence-corrected chi connectivity index (χ0v) is 17.2. The molecule has 144 valence electrons. The number of thiocarbonyl (C=S) groups is 1. The summed E-state index contributed by atoms with van der Waals surface area (Å²) >= 11 is 4.78. The van der Waals surface area contributed by atoms with E-state index in [-0.39, 0.29) is 0 Å². The number of rotatable bonds is 19. The molecule has 0 aromatic heterocycles. The Bertz CT molecular complexity index is 256. The SMILES string of the molecule is CCCCCCCCCCCCCCCCCCCCNC(N)=S. The van der Waals surface area contributed by atoms with Crippen LogP contribution in [0, 0.1) is 0 Å². The van der Waals surface area contributed by atoms with Crippen molar-refractivity contribution in [2.45, 2.75) is 122 Å². The zero-order valence-electron chi connectivity index (χ0n) is 16.4. The second-order valence-electron chi connectivity index (χ2n) is 7.30. The maximum absolute atomic E-state index is 5.39. The molecule has 0 fully saturated rings. The zero-order chi connectivity index (χ0) is 17.7. The molecule has 0 bridgehead atoms. The van der Waals surface area contributed by atoms with E-state index in [4.69, 9.17) is 18.0 Å². The third-order valence-electron chi connectivity index (χ3n) is 4.83. The lowest BCUT2D eigenvalue weighted by Crippen LogP contribution is -2.29. The minimum absolute atomic E-state index is 0.432. The largest absolute Gasteiger partial charge is 0.376 e. The van der Waals surface area contributed by atoms with Crippen LogP contribution in [0.3, 0.4) is 0 Å². The van der Waals surface area contributed by atoms with Gasteiger partial charge >= 0.3 is 0 Å². The van der Waals surface area contributed by atoms with E-state index in [2.05, 4.69) is 12.2 Å². The monoisotopic (exact) mass is 356 g/mol. The van der Waals surface area contributed by atoms with Gasteiger partial charge < -0.3 is 11.1 Å². The molecule has 24 heavy (non-hydrogen) atoms. The molecule has 0 unspecified atom stereocenters. The molecule has 0 aromatic carbocycles. The highest BCUT2D eigenvalue weighted by atomic mass is 32.1. The molecular weight excluding hydrogens is 312 g/mol. The average molecular weight is 357 g/mol. The standard InChI is InChI=1S/C21H44N2S/c1-2-3-4-5-6-7-8-9-10-11-12-13-14-15-16-17-18-19-20-23-21(22)24/h2-20H2,1H3,(H3,22,23,24). The quantitative estimate of drug-likeness (QED) is 0.196. The Morgan fingerprint density at radius 3 is 1.17 bits per heavy atom. The number of nitrogens with two attached hydrogens (primary N) is 1. The Hall–Kier alpha value is -0.310. The van der Waals surface area contributed by atoms with Crippen molar-refractivity contribution in [3.63, 3.8) is 0 Å². The lowest BCUT2D eigenvalue weighted by atomic mass is 10.0. The van der Waals surface area contributed by atoms with Crippen molar-refractivity contribution in [1.82, 2.24) is 5.32 Å². The molecule has 0 aliphatic carbocycles. The Kier molecular flexibility index (Phi) is 20.5. The highest BCUT2D eigenvalue weighted by Crippen LogP contribution is 2.14. The summed E-state index contributed by atoms with van der Waals surface area (Å²) in [5.41, 5.74) is 5.39. The van der Waals surface area contributed by atoms with E-state index < -0.39 is 0 Å². The second kappa shape index (κ2) is 20.7. The Balaban J connectivity index is 2.97. The van der Waals surface area contributed by atoms with Crippen LogP contribution in [0.4, 0.5) is 0 Å². The molecular formula is C21H44N2S. The van der Waals surface area contributed by atoms with Crippen LogP contribution < -0.4 is 11.1 Å². The van der Waals surface area contributed by atoms with E-state index in [1.165, 1.54) is 116 Å². The van der Waals surface area contributed by atoms with Gasteiger partial charge in [-0.1, -0.05) is 116 Å². The first-order chi connectivity index (χ1) is 11.8. The minimum atomic E-state index is 0.432. The number of unbranched alkanes of at least 4 members (excludes halogenated alkanes) is 17. The van der Waals surface area contributed by atoms with E-state index in [0.717, 1.165) is 6.54 Å². The Morgan fingerprint density at radius 2 is 0.875 bits per heavy atom. The molecule has 0 aliphatic heterocycles. The van der Waals surface area contributed by atoms with Crippen molar-refractivity contribution in [3.05, 3.63) is 0 Å². The highest BCUT2D eigenvalue weighted by molar-refractivity contribution is 7.80. The normalized spacial score (nSPS) is 10.9. The van der Waals surface area contributed by atoms with Gasteiger partial charge in [-0.15, -0.1) is 0 Å². The van der Waals surface area contributed by atoms with Crippen molar-refractivity contribution in [3.8, 4) is 0 Å². The van der Waals surface area contributed by atoms with Crippen LogP contribution in [0.5, 0.6) is 0 Å². The van der Waals surface area contributed by atoms with E-state index in [1.807, 2.05) is 0 Å². The predicted octanol–water partition coefficient (Wildman–Crippen LogP) is 6.86. The fourth-order valence-electron chi connectivity index (χ4n) is 3.24. The first kappa shape index (κ1) is 23.7. The van der Waals surface area contributed by atoms with E-state index >= 15 is 0 Å². The molecule has 0 atom stereocenters. The van der Waals surface area contributed by atoms with E-state index in [0.29, 0.717) is 5.11 Å². The van der Waals surface area contributed by atoms with Crippen LogP contribution in [-0.2, 0) is 0 Å². The molecule has 0 rings (SSSR count). The van der Waals surface area contributed by atoms with Gasteiger partial charge in [0.25, 0.3) is 0 Å². The fourth-order valence-corrected chi connectivity index (χ4v) is 3.34. The molecule has 0 aromatic rings. The van der Waals surface area contributed by atoms with E-state index in [1.54, 1.807) is 0 Å². The van der Waals surface area contributed by atoms with Gasteiger partial charge in [0.2, 0.25) is 0 Å². The summed E-state index contributed by atoms with van der Waals surface area (Å²) < 4.78 is 0. The maximum atomic E-state index is 5.39. The molecule has 0 spiro atoms. The summed E-state index contributed by atoms with van der Waals surface area (Å²) in [6, 6.07) is 0. The van der Waals surface area contributed by atoms with Gasteiger partial charge in [-0.3, -0.25) is 0 Å². The molecule has 3 heteroatoms. The number of hydrogen-bond donors (Lipinski definition) is 2. The summed E-state index contributed by atoms with van der Waals surface area (Å²) in [5.74, 6) is 0. The predicted molar refractivity (Wildman–Crippen MR) is 114 cm³/mol. The van der Waals surface area contributed by atoms with Crippen LogP contribution in [0.25, 0.3) is 0 Å². The van der Waals surface area contributed by atoms with Crippen molar-refractivity contribution in [2.75, 3.05) is 6.54 Å². The molecule has 0 heterocycles. The lowest BCUT2D eigenvalue weighted by molar-refractivity contribution is 0.525. The molecule has 3 N–H and O–H groups in total. The van der Waals surface area contributed by atoms with Crippen molar-refractivity contribution >= 4 is 17.3 Å². The molecule has 0 aliphatic rings. The molecule has 2 nitrogen and oxygen atoms in total. The van der Waals surface area contributed by atoms with E-state index in [9.17, 15) is 0 Å². The van der Waals surface area contributed by atoms with Gasteiger partial charge in [0.1, 0.15) is 0 Å². The van der Waals surface area contributed by atoms with Crippen LogP contribution in [0.1, 0.15) is 122 Å². The smallest absolute Gasteiger partial charge is 0.163 e. The van der Waals surface area contributed by atoms with Crippen LogP contribution in [0.15, 0.2) is 0 Å². The van der Waals surface area contributed by atoms with Gasteiger partial charge in [-0.05, 0) is 18.6 Å². The van der Waals surface area contributed by atoms with Gasteiger partial charge in [0.15, 0.2) is 5.11 Å². The van der Waals surface area contributed by atoms with Crippen LogP contribution in [-0.4, -0.2) is 11.7 Å². The maximum Gasteiger partial charge on any atom is 0.163 e. The number of nitrogens with one attached hydrogen (secondary N) is 1. The first-order valence-corrected chi connectivity index (χ1v) is 11.2. The number of hydrogen-bond acceptors (Lipinski definition) is 1. The third-order valence-corrected chi connectivity index (χ3v) is 4.97. The molecule has 0 radical (unpaired) electrons. The van der Waals surface area contributed by atoms with Gasteiger partial charge in [0.05, 0.1) is 0 Å². The van der Waals surface area contributed by atoms with Crippen LogP contribution in [0.2, 0.25) is 0 Å². The summed E-state index contributed by atoms with van der Waals surface area (Å²) in [4.78, 5) is 0. The van der Waals surface area contributed by atoms with Gasteiger partial charge in [-0.2, -0.15) is 0 Å². The molecule has 0 saturated heterocycles. The van der Waals surface area contributed by atoms with Crippen molar-refractivity contribution in [2.24, 2.45) is 5.73 Å². The van der Waals surface area contributed by atoms with Gasteiger partial charge in [0, 0.05) is 6.54 Å².